The van der Waals surface area contributed by atoms with Gasteiger partial charge >= 0.3 is 5.97 Å². The van der Waals surface area contributed by atoms with Crippen molar-refractivity contribution in [2.75, 3.05) is 0 Å². The number of aromatic hydroxyl groups is 1. The molecule has 6 nitrogen and oxygen atoms in total. The normalized spacial score (nSPS) is 10.5. The predicted octanol–water partition coefficient (Wildman–Crippen LogP) is 3.84. The average Bonchev–Trinajstić information content (AvgIpc) is 2.66. The average molecular weight is 360 g/mol. The first-order chi connectivity index (χ1) is 12.9. The second-order valence-electron chi connectivity index (χ2n) is 6.21. The number of aliphatic carboxylic acids is 1. The first kappa shape index (κ1) is 18.1. The molecule has 1 heterocycles. The van der Waals surface area contributed by atoms with Gasteiger partial charge in [0.2, 0.25) is 0 Å². The van der Waals surface area contributed by atoms with Gasteiger partial charge in [0.05, 0.1) is 11.9 Å². The zero-order valence-corrected chi connectivity index (χ0v) is 14.6. The second kappa shape index (κ2) is 7.26. The molecule has 0 saturated heterocycles. The topological polar surface area (TPSA) is 111 Å². The number of Topliss-reactive ketones (excluding diaryl/α,β-unsaturated/α-hetero) is 1. The second-order valence-corrected chi connectivity index (χ2v) is 6.21. The summed E-state index contributed by atoms with van der Waals surface area (Å²) in [6.45, 7) is 1.99. The maximum Gasteiger partial charge on any atom is 0.303 e. The van der Waals surface area contributed by atoms with E-state index in [0.717, 1.165) is 16.7 Å². The van der Waals surface area contributed by atoms with E-state index in [0.29, 0.717) is 10.9 Å². The minimum atomic E-state index is -1.12. The number of carboxylic acid groups (broad SMARTS) is 1. The summed E-state index contributed by atoms with van der Waals surface area (Å²) in [7, 11) is 0. The van der Waals surface area contributed by atoms with Crippen molar-refractivity contribution in [3.05, 3.63) is 59.3 Å². The summed E-state index contributed by atoms with van der Waals surface area (Å²) in [5.41, 5.74) is 2.99. The van der Waals surface area contributed by atoms with Crippen LogP contribution in [0.4, 0.5) is 0 Å². The van der Waals surface area contributed by atoms with Crippen molar-refractivity contribution in [2.45, 2.75) is 19.8 Å². The van der Waals surface area contributed by atoms with Crippen molar-refractivity contribution in [3.63, 3.8) is 0 Å². The van der Waals surface area contributed by atoms with Gasteiger partial charge in [-0.3, -0.25) is 9.59 Å². The van der Waals surface area contributed by atoms with Crippen LogP contribution in [-0.4, -0.2) is 26.9 Å². The van der Waals surface area contributed by atoms with Crippen molar-refractivity contribution >= 4 is 22.7 Å². The fourth-order valence-electron chi connectivity index (χ4n) is 2.83. The standard InChI is InChI=1S/C21H16N2O4/c1-12-2-4-13(5-3-12)14-6-7-17-15(10-14)16(11-22)21(27)20(23-17)18(24)8-9-19(25)26/h2-7,10,27H,8-9H2,1H3,(H,25,26). The van der Waals surface area contributed by atoms with Gasteiger partial charge in [0, 0.05) is 11.8 Å². The van der Waals surface area contributed by atoms with Crippen LogP contribution in [0.1, 0.15) is 34.5 Å². The van der Waals surface area contributed by atoms with Gasteiger partial charge in [-0.15, -0.1) is 0 Å². The number of rotatable bonds is 5. The molecule has 0 fully saturated rings. The smallest absolute Gasteiger partial charge is 0.303 e. The number of hydrogen-bond donors (Lipinski definition) is 2. The van der Waals surface area contributed by atoms with Crippen molar-refractivity contribution in [3.8, 4) is 22.9 Å². The monoisotopic (exact) mass is 360 g/mol. The molecule has 0 spiro atoms. The number of hydrogen-bond acceptors (Lipinski definition) is 5. The lowest BCUT2D eigenvalue weighted by atomic mass is 9.98. The lowest BCUT2D eigenvalue weighted by Crippen LogP contribution is -2.07. The fourth-order valence-corrected chi connectivity index (χ4v) is 2.83. The molecular formula is C21H16N2O4. The molecule has 0 saturated carbocycles. The summed E-state index contributed by atoms with van der Waals surface area (Å²) in [5.74, 6) is -2.25. The van der Waals surface area contributed by atoms with Gasteiger partial charge < -0.3 is 10.2 Å². The van der Waals surface area contributed by atoms with E-state index in [-0.39, 0.29) is 24.1 Å². The molecule has 1 aromatic heterocycles. The molecule has 6 heteroatoms. The number of carbonyl (C=O) groups is 2. The Kier molecular flexibility index (Phi) is 4.86. The molecule has 2 aromatic carbocycles. The van der Waals surface area contributed by atoms with E-state index in [2.05, 4.69) is 4.98 Å². The number of fused-ring (bicyclic) bond motifs is 1. The molecule has 0 bridgehead atoms. The Hall–Kier alpha value is -3.72. The van der Waals surface area contributed by atoms with Crippen LogP contribution in [0, 0.1) is 18.3 Å². The molecule has 0 aliphatic carbocycles. The number of aromatic nitrogens is 1. The minimum Gasteiger partial charge on any atom is -0.504 e. The molecule has 0 aliphatic heterocycles. The molecule has 0 radical (unpaired) electrons. The highest BCUT2D eigenvalue weighted by molar-refractivity contribution is 6.03. The number of pyridine rings is 1. The molecule has 3 aromatic rings. The van der Waals surface area contributed by atoms with Gasteiger partial charge in [-0.25, -0.2) is 4.98 Å². The van der Waals surface area contributed by atoms with E-state index in [9.17, 15) is 20.0 Å². The summed E-state index contributed by atoms with van der Waals surface area (Å²) in [5, 5.41) is 29.0. The summed E-state index contributed by atoms with van der Waals surface area (Å²) in [4.78, 5) is 27.0. The molecule has 2 N–H and O–H groups in total. The van der Waals surface area contributed by atoms with Crippen LogP contribution in [0.15, 0.2) is 42.5 Å². The molecule has 0 atom stereocenters. The highest BCUT2D eigenvalue weighted by atomic mass is 16.4. The van der Waals surface area contributed by atoms with Crippen LogP contribution in [0.25, 0.3) is 22.0 Å². The van der Waals surface area contributed by atoms with Crippen LogP contribution in [-0.2, 0) is 4.79 Å². The Morgan fingerprint density at radius 1 is 1.07 bits per heavy atom. The Morgan fingerprint density at radius 2 is 1.74 bits per heavy atom. The molecule has 134 valence electrons. The minimum absolute atomic E-state index is 0.0485. The molecule has 3 rings (SSSR count). The van der Waals surface area contributed by atoms with Gasteiger partial charge in [-0.05, 0) is 30.2 Å². The van der Waals surface area contributed by atoms with Crippen LogP contribution >= 0.6 is 0 Å². The highest BCUT2D eigenvalue weighted by Gasteiger charge is 2.20. The van der Waals surface area contributed by atoms with Crippen molar-refractivity contribution in [1.82, 2.24) is 4.98 Å². The van der Waals surface area contributed by atoms with Gasteiger partial charge in [0.15, 0.2) is 11.5 Å². The van der Waals surface area contributed by atoms with Crippen LogP contribution < -0.4 is 0 Å². The van der Waals surface area contributed by atoms with E-state index in [1.807, 2.05) is 43.3 Å². The van der Waals surface area contributed by atoms with Crippen LogP contribution in [0.5, 0.6) is 5.75 Å². The highest BCUT2D eigenvalue weighted by Crippen LogP contribution is 2.32. The fraction of sp³-hybridized carbons (Fsp3) is 0.143. The molecule has 0 aliphatic rings. The zero-order chi connectivity index (χ0) is 19.6. The first-order valence-corrected chi connectivity index (χ1v) is 8.29. The van der Waals surface area contributed by atoms with E-state index >= 15 is 0 Å². The van der Waals surface area contributed by atoms with Gasteiger partial charge in [-0.1, -0.05) is 35.9 Å². The Balaban J connectivity index is 2.11. The Bertz CT molecular complexity index is 1100. The predicted molar refractivity (Wildman–Crippen MR) is 99.5 cm³/mol. The summed E-state index contributed by atoms with van der Waals surface area (Å²) in [6.07, 6.45) is -0.667. The number of carbonyl (C=O) groups excluding carboxylic acids is 1. The molecular weight excluding hydrogens is 344 g/mol. The maximum absolute atomic E-state index is 12.2. The number of aryl methyl sites for hydroxylation is 1. The van der Waals surface area contributed by atoms with E-state index in [1.54, 1.807) is 12.1 Å². The first-order valence-electron chi connectivity index (χ1n) is 8.29. The van der Waals surface area contributed by atoms with E-state index in [1.165, 1.54) is 0 Å². The van der Waals surface area contributed by atoms with Crippen LogP contribution in [0.2, 0.25) is 0 Å². The van der Waals surface area contributed by atoms with Gasteiger partial charge in [-0.2, -0.15) is 5.26 Å². The molecule has 0 amide bonds. The lowest BCUT2D eigenvalue weighted by molar-refractivity contribution is -0.136. The van der Waals surface area contributed by atoms with E-state index < -0.39 is 17.5 Å². The molecule has 0 unspecified atom stereocenters. The van der Waals surface area contributed by atoms with Crippen LogP contribution in [0.3, 0.4) is 0 Å². The third-order valence-corrected chi connectivity index (χ3v) is 4.29. The third kappa shape index (κ3) is 3.62. The number of nitrogens with zero attached hydrogens (tertiary/aromatic N) is 2. The number of benzene rings is 2. The SMILES string of the molecule is Cc1ccc(-c2ccc3nc(C(=O)CCC(=O)O)c(O)c(C#N)c3c2)cc1. The summed E-state index contributed by atoms with van der Waals surface area (Å²) < 4.78 is 0. The van der Waals surface area contributed by atoms with Gasteiger partial charge in [0.1, 0.15) is 17.3 Å². The van der Waals surface area contributed by atoms with Crippen molar-refractivity contribution in [2.24, 2.45) is 0 Å². The number of ketones is 1. The maximum atomic E-state index is 12.2. The van der Waals surface area contributed by atoms with E-state index in [4.69, 9.17) is 5.11 Å². The summed E-state index contributed by atoms with van der Waals surface area (Å²) in [6, 6.07) is 15.0. The largest absolute Gasteiger partial charge is 0.504 e. The lowest BCUT2D eigenvalue weighted by Gasteiger charge is -2.10. The Labute approximate surface area is 155 Å². The summed E-state index contributed by atoms with van der Waals surface area (Å²) >= 11 is 0. The quantitative estimate of drug-likeness (QED) is 0.669. The van der Waals surface area contributed by atoms with Gasteiger partial charge in [0.25, 0.3) is 0 Å². The Morgan fingerprint density at radius 3 is 2.37 bits per heavy atom. The third-order valence-electron chi connectivity index (χ3n) is 4.29. The van der Waals surface area contributed by atoms with Crippen molar-refractivity contribution in [1.29, 1.82) is 5.26 Å². The molecule has 27 heavy (non-hydrogen) atoms. The van der Waals surface area contributed by atoms with Crippen molar-refractivity contribution < 1.29 is 19.8 Å². The zero-order valence-electron chi connectivity index (χ0n) is 14.6. The number of nitriles is 1. The number of carboxylic acids is 1.